The molecule has 0 aliphatic rings. The minimum atomic E-state index is 0.341. The first kappa shape index (κ1) is 13.9. The van der Waals surface area contributed by atoms with Gasteiger partial charge in [-0.25, -0.2) is 0 Å². The molecule has 1 heterocycles. The predicted octanol–water partition coefficient (Wildman–Crippen LogP) is 2.97. The summed E-state index contributed by atoms with van der Waals surface area (Å²) < 4.78 is 16.0. The van der Waals surface area contributed by atoms with Crippen LogP contribution in [-0.4, -0.2) is 31.5 Å². The fourth-order valence-electron chi connectivity index (χ4n) is 1.69. The molecule has 0 saturated carbocycles. The highest BCUT2D eigenvalue weighted by atomic mass is 35.5. The Morgan fingerprint density at radius 2 is 1.79 bits per heavy atom. The zero-order chi connectivity index (χ0) is 13.8. The molecule has 102 valence electrons. The molecule has 19 heavy (non-hydrogen) atoms. The molecule has 0 fully saturated rings. The molecule has 2 rings (SSSR count). The lowest BCUT2D eigenvalue weighted by molar-refractivity contribution is 0.325. The first-order valence-electron chi connectivity index (χ1n) is 5.42. The number of halogens is 1. The second kappa shape index (κ2) is 6.08. The lowest BCUT2D eigenvalue weighted by Gasteiger charge is -2.14. The Morgan fingerprint density at radius 1 is 1.05 bits per heavy atom. The fraction of sp³-hybridized carbons (Fsp3) is 0.333. The summed E-state index contributed by atoms with van der Waals surface area (Å²) in [6.07, 6.45) is 0. The second-order valence-electron chi connectivity index (χ2n) is 3.52. The van der Waals surface area contributed by atoms with Crippen molar-refractivity contribution in [1.82, 2.24) is 10.2 Å². The molecule has 0 atom stereocenters. The topological polar surface area (TPSA) is 53.5 Å². The van der Waals surface area contributed by atoms with Crippen LogP contribution in [0.25, 0.3) is 10.6 Å². The van der Waals surface area contributed by atoms with E-state index in [1.807, 2.05) is 6.07 Å². The summed E-state index contributed by atoms with van der Waals surface area (Å²) >= 11 is 7.16. The van der Waals surface area contributed by atoms with Crippen molar-refractivity contribution < 1.29 is 14.2 Å². The van der Waals surface area contributed by atoms with Gasteiger partial charge in [-0.1, -0.05) is 11.3 Å². The maximum absolute atomic E-state index is 5.74. The van der Waals surface area contributed by atoms with Crippen molar-refractivity contribution in [3.63, 3.8) is 0 Å². The number of nitrogens with zero attached hydrogens (tertiary/aromatic N) is 2. The van der Waals surface area contributed by atoms with Gasteiger partial charge in [-0.2, -0.15) is 0 Å². The maximum atomic E-state index is 5.74. The predicted molar refractivity (Wildman–Crippen MR) is 74.6 cm³/mol. The van der Waals surface area contributed by atoms with Gasteiger partial charge in [-0.15, -0.1) is 21.8 Å². The van der Waals surface area contributed by atoms with Gasteiger partial charge < -0.3 is 14.2 Å². The first-order valence-corrected chi connectivity index (χ1v) is 6.78. The van der Waals surface area contributed by atoms with E-state index >= 15 is 0 Å². The lowest BCUT2D eigenvalue weighted by Crippen LogP contribution is -1.96. The quantitative estimate of drug-likeness (QED) is 0.795. The van der Waals surface area contributed by atoms with Crippen molar-refractivity contribution in [2.75, 3.05) is 21.3 Å². The van der Waals surface area contributed by atoms with Crippen LogP contribution in [0.15, 0.2) is 12.1 Å². The van der Waals surface area contributed by atoms with Gasteiger partial charge in [0.25, 0.3) is 0 Å². The number of alkyl halides is 1. The van der Waals surface area contributed by atoms with Crippen LogP contribution in [0.2, 0.25) is 0 Å². The van der Waals surface area contributed by atoms with Crippen molar-refractivity contribution in [1.29, 1.82) is 0 Å². The van der Waals surface area contributed by atoms with Crippen molar-refractivity contribution in [2.45, 2.75) is 5.88 Å². The summed E-state index contributed by atoms with van der Waals surface area (Å²) in [5.74, 6) is 2.04. The number of hydrogen-bond donors (Lipinski definition) is 0. The van der Waals surface area contributed by atoms with E-state index in [0.717, 1.165) is 15.6 Å². The van der Waals surface area contributed by atoms with Gasteiger partial charge >= 0.3 is 0 Å². The van der Waals surface area contributed by atoms with Gasteiger partial charge in [0.2, 0.25) is 5.75 Å². The van der Waals surface area contributed by atoms with E-state index in [1.54, 1.807) is 27.4 Å². The summed E-state index contributed by atoms with van der Waals surface area (Å²) in [5, 5.41) is 9.59. The highest BCUT2D eigenvalue weighted by Gasteiger charge is 2.19. The van der Waals surface area contributed by atoms with Crippen LogP contribution in [0.1, 0.15) is 5.01 Å². The number of benzene rings is 1. The molecule has 0 spiro atoms. The third-order valence-electron chi connectivity index (χ3n) is 2.52. The molecule has 7 heteroatoms. The molecular weight excluding hydrogens is 288 g/mol. The number of rotatable bonds is 5. The number of hydrogen-bond acceptors (Lipinski definition) is 6. The Hall–Kier alpha value is -1.53. The SMILES string of the molecule is COc1ccc(-c2nnc(CCl)s2)c(OC)c1OC. The standard InChI is InChI=1S/C12H13ClN2O3S/c1-16-8-5-4-7(10(17-2)11(8)18-3)12-15-14-9(6-13)19-12/h4-5H,6H2,1-3H3. The van der Waals surface area contributed by atoms with Crippen molar-refractivity contribution in [3.05, 3.63) is 17.1 Å². The Kier molecular flexibility index (Phi) is 4.44. The Labute approximate surface area is 120 Å². The van der Waals surface area contributed by atoms with Crippen molar-refractivity contribution in [2.24, 2.45) is 0 Å². The highest BCUT2D eigenvalue weighted by molar-refractivity contribution is 7.14. The van der Waals surface area contributed by atoms with Gasteiger partial charge in [-0.05, 0) is 12.1 Å². The summed E-state index contributed by atoms with van der Waals surface area (Å²) in [4.78, 5) is 0. The number of ether oxygens (including phenoxy) is 3. The Morgan fingerprint density at radius 3 is 2.32 bits per heavy atom. The summed E-state index contributed by atoms with van der Waals surface area (Å²) in [7, 11) is 4.71. The highest BCUT2D eigenvalue weighted by Crippen LogP contribution is 2.44. The average Bonchev–Trinajstić information content (AvgIpc) is 2.94. The van der Waals surface area contributed by atoms with Crippen LogP contribution in [-0.2, 0) is 5.88 Å². The van der Waals surface area contributed by atoms with Gasteiger partial charge in [0, 0.05) is 0 Å². The number of methoxy groups -OCH3 is 3. The van der Waals surface area contributed by atoms with E-state index in [9.17, 15) is 0 Å². The average molecular weight is 301 g/mol. The van der Waals surface area contributed by atoms with Crippen LogP contribution in [0.4, 0.5) is 0 Å². The monoisotopic (exact) mass is 300 g/mol. The molecule has 0 amide bonds. The molecule has 0 N–H and O–H groups in total. The van der Waals surface area contributed by atoms with Gasteiger partial charge in [-0.3, -0.25) is 0 Å². The molecule has 2 aromatic rings. The van der Waals surface area contributed by atoms with Crippen molar-refractivity contribution >= 4 is 22.9 Å². The zero-order valence-electron chi connectivity index (χ0n) is 10.8. The van der Waals surface area contributed by atoms with Crippen molar-refractivity contribution in [3.8, 4) is 27.8 Å². The smallest absolute Gasteiger partial charge is 0.204 e. The summed E-state index contributed by atoms with van der Waals surface area (Å²) in [6, 6.07) is 3.66. The second-order valence-corrected chi connectivity index (χ2v) is 4.85. The normalized spacial score (nSPS) is 10.3. The van der Waals surface area contributed by atoms with Gasteiger partial charge in [0.05, 0.1) is 32.8 Å². The maximum Gasteiger partial charge on any atom is 0.204 e. The zero-order valence-corrected chi connectivity index (χ0v) is 12.3. The largest absolute Gasteiger partial charge is 0.493 e. The minimum absolute atomic E-state index is 0.341. The van der Waals surface area contributed by atoms with Crippen LogP contribution in [0, 0.1) is 0 Å². The Bertz CT molecular complexity index is 574. The van der Waals surface area contributed by atoms with Gasteiger partial charge in [0.15, 0.2) is 16.5 Å². The first-order chi connectivity index (χ1) is 9.24. The number of aromatic nitrogens is 2. The molecule has 0 unspecified atom stereocenters. The van der Waals surface area contributed by atoms with E-state index in [-0.39, 0.29) is 0 Å². The molecular formula is C12H13ClN2O3S. The minimum Gasteiger partial charge on any atom is -0.493 e. The van der Waals surface area contributed by atoms with Crippen LogP contribution in [0.5, 0.6) is 17.2 Å². The fourth-order valence-corrected chi connectivity index (χ4v) is 2.61. The molecule has 1 aromatic heterocycles. The third kappa shape index (κ3) is 2.59. The van der Waals surface area contributed by atoms with Gasteiger partial charge in [0.1, 0.15) is 5.01 Å². The molecule has 5 nitrogen and oxygen atoms in total. The Balaban J connectivity index is 2.56. The molecule has 0 aliphatic heterocycles. The van der Waals surface area contributed by atoms with E-state index in [4.69, 9.17) is 25.8 Å². The molecule has 1 aromatic carbocycles. The van der Waals surface area contributed by atoms with Crippen LogP contribution < -0.4 is 14.2 Å². The van der Waals surface area contributed by atoms with Crippen LogP contribution in [0.3, 0.4) is 0 Å². The van der Waals surface area contributed by atoms with E-state index in [2.05, 4.69) is 10.2 Å². The van der Waals surface area contributed by atoms with Crippen LogP contribution >= 0.6 is 22.9 Å². The van der Waals surface area contributed by atoms with E-state index in [1.165, 1.54) is 11.3 Å². The lowest BCUT2D eigenvalue weighted by atomic mass is 10.2. The molecule has 0 bridgehead atoms. The summed E-state index contributed by atoms with van der Waals surface area (Å²) in [5.41, 5.74) is 0.800. The summed E-state index contributed by atoms with van der Waals surface area (Å²) in [6.45, 7) is 0. The van der Waals surface area contributed by atoms with E-state index in [0.29, 0.717) is 23.1 Å². The molecule has 0 aliphatic carbocycles. The third-order valence-corrected chi connectivity index (χ3v) is 3.88. The molecule has 0 saturated heterocycles. The molecule has 0 radical (unpaired) electrons. The van der Waals surface area contributed by atoms with E-state index < -0.39 is 0 Å².